The maximum Gasteiger partial charge on any atom is 0.213 e. The van der Waals surface area contributed by atoms with Gasteiger partial charge in [0.1, 0.15) is 0 Å². The lowest BCUT2D eigenvalue weighted by Gasteiger charge is -1.92. The highest BCUT2D eigenvalue weighted by molar-refractivity contribution is 7.71. The molecule has 2 aromatic heterocycles. The number of fused-ring (bicyclic) bond motifs is 1. The number of aromatic amines is 3. The van der Waals surface area contributed by atoms with Crippen LogP contribution in [0.15, 0.2) is 30.5 Å². The van der Waals surface area contributed by atoms with Gasteiger partial charge in [-0.25, -0.2) is 0 Å². The first-order chi connectivity index (χ1) is 7.34. The molecule has 0 atom stereocenters. The molecule has 0 radical (unpaired) electrons. The van der Waals surface area contributed by atoms with Crippen LogP contribution in [0.25, 0.3) is 22.3 Å². The monoisotopic (exact) mass is 216 g/mol. The molecule has 74 valence electrons. The van der Waals surface area contributed by atoms with E-state index in [1.165, 1.54) is 0 Å². The van der Waals surface area contributed by atoms with Crippen molar-refractivity contribution in [1.29, 1.82) is 0 Å². The summed E-state index contributed by atoms with van der Waals surface area (Å²) in [6.07, 6.45) is 1.92. The standard InChI is InChI=1S/C10H8N4S/c15-10-12-9(13-14-10)7-5-11-8-4-2-1-3-6(7)8/h1-5,11H,(H2,12,13,14,15). The van der Waals surface area contributed by atoms with E-state index < -0.39 is 0 Å². The van der Waals surface area contributed by atoms with Gasteiger partial charge < -0.3 is 4.98 Å². The smallest absolute Gasteiger partial charge is 0.213 e. The van der Waals surface area contributed by atoms with Crippen LogP contribution in [0.1, 0.15) is 0 Å². The van der Waals surface area contributed by atoms with Crippen LogP contribution in [0.3, 0.4) is 0 Å². The lowest BCUT2D eigenvalue weighted by atomic mass is 10.2. The molecule has 0 bridgehead atoms. The van der Waals surface area contributed by atoms with Gasteiger partial charge in [-0.2, -0.15) is 4.98 Å². The molecule has 1 aromatic carbocycles. The zero-order chi connectivity index (χ0) is 10.3. The summed E-state index contributed by atoms with van der Waals surface area (Å²) in [6, 6.07) is 8.07. The third-order valence-electron chi connectivity index (χ3n) is 2.35. The highest BCUT2D eigenvalue weighted by atomic mass is 32.1. The van der Waals surface area contributed by atoms with Gasteiger partial charge in [0, 0.05) is 22.7 Å². The third kappa shape index (κ3) is 1.28. The van der Waals surface area contributed by atoms with Gasteiger partial charge in [-0.1, -0.05) is 18.2 Å². The molecule has 15 heavy (non-hydrogen) atoms. The number of hydrogen-bond donors (Lipinski definition) is 3. The average molecular weight is 216 g/mol. The second-order valence-corrected chi connectivity index (χ2v) is 3.65. The lowest BCUT2D eigenvalue weighted by molar-refractivity contribution is 1.08. The Hall–Kier alpha value is -1.88. The molecule has 4 nitrogen and oxygen atoms in total. The molecular weight excluding hydrogens is 208 g/mol. The largest absolute Gasteiger partial charge is 0.360 e. The third-order valence-corrected chi connectivity index (χ3v) is 2.54. The first kappa shape index (κ1) is 8.43. The predicted octanol–water partition coefficient (Wildman–Crippen LogP) is 2.62. The quantitative estimate of drug-likeness (QED) is 0.547. The van der Waals surface area contributed by atoms with Crippen LogP contribution in [0.4, 0.5) is 0 Å². The molecule has 0 aliphatic rings. The van der Waals surface area contributed by atoms with Gasteiger partial charge in [-0.3, -0.25) is 10.2 Å². The van der Waals surface area contributed by atoms with E-state index in [1.54, 1.807) is 0 Å². The molecule has 0 unspecified atom stereocenters. The fourth-order valence-corrected chi connectivity index (χ4v) is 1.81. The molecule has 3 N–H and O–H groups in total. The van der Waals surface area contributed by atoms with Gasteiger partial charge in [-0.15, -0.1) is 0 Å². The Kier molecular flexibility index (Phi) is 1.72. The Morgan fingerprint density at radius 2 is 2.00 bits per heavy atom. The van der Waals surface area contributed by atoms with Crippen molar-refractivity contribution >= 4 is 23.1 Å². The summed E-state index contributed by atoms with van der Waals surface area (Å²) < 4.78 is 0.468. The van der Waals surface area contributed by atoms with E-state index in [0.29, 0.717) is 4.77 Å². The van der Waals surface area contributed by atoms with Crippen molar-refractivity contribution in [3.63, 3.8) is 0 Å². The van der Waals surface area contributed by atoms with E-state index in [2.05, 4.69) is 20.2 Å². The second kappa shape index (κ2) is 3.06. The van der Waals surface area contributed by atoms with E-state index in [0.717, 1.165) is 22.3 Å². The fourth-order valence-electron chi connectivity index (χ4n) is 1.67. The van der Waals surface area contributed by atoms with Gasteiger partial charge >= 0.3 is 0 Å². The van der Waals surface area contributed by atoms with Crippen molar-refractivity contribution in [2.45, 2.75) is 0 Å². The van der Waals surface area contributed by atoms with E-state index >= 15 is 0 Å². The van der Waals surface area contributed by atoms with Crippen LogP contribution in [0.5, 0.6) is 0 Å². The molecule has 2 heterocycles. The number of aromatic nitrogens is 4. The number of hydrogen-bond acceptors (Lipinski definition) is 2. The summed E-state index contributed by atoms with van der Waals surface area (Å²) in [5.74, 6) is 0.762. The highest BCUT2D eigenvalue weighted by Crippen LogP contribution is 2.25. The summed E-state index contributed by atoms with van der Waals surface area (Å²) in [7, 11) is 0. The van der Waals surface area contributed by atoms with Crippen molar-refractivity contribution in [2.75, 3.05) is 0 Å². The molecule has 0 amide bonds. The van der Waals surface area contributed by atoms with E-state index in [1.807, 2.05) is 30.5 Å². The van der Waals surface area contributed by atoms with Gasteiger partial charge in [0.15, 0.2) is 5.82 Å². The Morgan fingerprint density at radius 1 is 1.13 bits per heavy atom. The van der Waals surface area contributed by atoms with Gasteiger partial charge in [-0.05, 0) is 18.3 Å². The van der Waals surface area contributed by atoms with Gasteiger partial charge in [0.25, 0.3) is 0 Å². The lowest BCUT2D eigenvalue weighted by Crippen LogP contribution is -1.77. The number of nitrogens with zero attached hydrogens (tertiary/aromatic N) is 1. The Labute approximate surface area is 90.4 Å². The van der Waals surface area contributed by atoms with Crippen molar-refractivity contribution in [3.05, 3.63) is 35.2 Å². The van der Waals surface area contributed by atoms with E-state index in [4.69, 9.17) is 12.2 Å². The van der Waals surface area contributed by atoms with E-state index in [9.17, 15) is 0 Å². The molecule has 5 heteroatoms. The Balaban J connectivity index is 2.32. The Bertz CT molecular complexity index is 661. The van der Waals surface area contributed by atoms with Crippen LogP contribution in [-0.4, -0.2) is 20.2 Å². The molecule has 0 aliphatic heterocycles. The van der Waals surface area contributed by atoms with Crippen LogP contribution < -0.4 is 0 Å². The fraction of sp³-hybridized carbons (Fsp3) is 0. The maximum atomic E-state index is 4.92. The minimum atomic E-state index is 0.468. The van der Waals surface area contributed by atoms with Crippen LogP contribution in [-0.2, 0) is 0 Å². The summed E-state index contributed by atoms with van der Waals surface area (Å²) in [4.78, 5) is 7.37. The molecule has 3 rings (SSSR count). The molecule has 3 aromatic rings. The predicted molar refractivity (Wildman–Crippen MR) is 61.1 cm³/mol. The average Bonchev–Trinajstić information content (AvgIpc) is 2.83. The Morgan fingerprint density at radius 3 is 2.80 bits per heavy atom. The SMILES string of the molecule is S=c1nc(-c2c[nH]c3ccccc23)[nH][nH]1. The summed E-state index contributed by atoms with van der Waals surface area (Å²) in [5, 5.41) is 6.86. The first-order valence-electron chi connectivity index (χ1n) is 4.56. The van der Waals surface area contributed by atoms with Crippen LogP contribution in [0.2, 0.25) is 0 Å². The molecule has 0 fully saturated rings. The summed E-state index contributed by atoms with van der Waals surface area (Å²) in [6.45, 7) is 0. The van der Waals surface area contributed by atoms with E-state index in [-0.39, 0.29) is 0 Å². The van der Waals surface area contributed by atoms with Crippen molar-refractivity contribution in [3.8, 4) is 11.4 Å². The number of H-pyrrole nitrogens is 3. The summed E-state index contributed by atoms with van der Waals surface area (Å²) >= 11 is 4.92. The minimum absolute atomic E-state index is 0.468. The molecule has 0 aliphatic carbocycles. The zero-order valence-corrected chi connectivity index (χ0v) is 8.56. The second-order valence-electron chi connectivity index (χ2n) is 3.26. The molecular formula is C10H8N4S. The summed E-state index contributed by atoms with van der Waals surface area (Å²) in [5.41, 5.74) is 2.12. The van der Waals surface area contributed by atoms with Crippen LogP contribution in [0, 0.1) is 4.77 Å². The molecule has 0 spiro atoms. The zero-order valence-electron chi connectivity index (χ0n) is 7.74. The van der Waals surface area contributed by atoms with Gasteiger partial charge in [0.05, 0.1) is 0 Å². The first-order valence-corrected chi connectivity index (χ1v) is 4.96. The molecule has 0 saturated heterocycles. The number of rotatable bonds is 1. The van der Waals surface area contributed by atoms with Crippen LogP contribution >= 0.6 is 12.2 Å². The van der Waals surface area contributed by atoms with Gasteiger partial charge in [0.2, 0.25) is 4.77 Å². The normalized spacial score (nSPS) is 10.9. The highest BCUT2D eigenvalue weighted by Gasteiger charge is 2.07. The van der Waals surface area contributed by atoms with Crippen molar-refractivity contribution < 1.29 is 0 Å². The number of benzene rings is 1. The maximum absolute atomic E-state index is 4.92. The minimum Gasteiger partial charge on any atom is -0.360 e. The topological polar surface area (TPSA) is 60.3 Å². The number of nitrogens with one attached hydrogen (secondary N) is 3. The number of para-hydroxylation sites is 1. The van der Waals surface area contributed by atoms with Crippen molar-refractivity contribution in [2.24, 2.45) is 0 Å². The molecule has 0 saturated carbocycles. The van der Waals surface area contributed by atoms with Crippen molar-refractivity contribution in [1.82, 2.24) is 20.2 Å².